The summed E-state index contributed by atoms with van der Waals surface area (Å²) >= 11 is 0. The van der Waals surface area contributed by atoms with Crippen molar-refractivity contribution in [3.8, 4) is 5.75 Å². The van der Waals surface area contributed by atoms with Gasteiger partial charge in [-0.15, -0.1) is 0 Å². The van der Waals surface area contributed by atoms with Gasteiger partial charge in [0.2, 0.25) is 0 Å². The number of piperidine rings is 1. The molecule has 1 aliphatic heterocycles. The molecule has 5 nitrogen and oxygen atoms in total. The van der Waals surface area contributed by atoms with Crippen LogP contribution in [0.1, 0.15) is 49.0 Å². The highest BCUT2D eigenvalue weighted by atomic mass is 16.5. The fourth-order valence-corrected chi connectivity index (χ4v) is 3.74. The SMILES string of the molecule is C[C@@H]1CCC[C@H](C)N1C(=O)COc1cccc(C(=O)NCc2ccccc2)c1. The van der Waals surface area contributed by atoms with Gasteiger partial charge in [-0.2, -0.15) is 0 Å². The maximum Gasteiger partial charge on any atom is 0.260 e. The van der Waals surface area contributed by atoms with E-state index < -0.39 is 0 Å². The first kappa shape index (κ1) is 19.9. The number of carbonyl (C=O) groups is 2. The summed E-state index contributed by atoms with van der Waals surface area (Å²) in [5.41, 5.74) is 1.55. The van der Waals surface area contributed by atoms with Crippen molar-refractivity contribution < 1.29 is 14.3 Å². The Morgan fingerprint density at radius 2 is 1.75 bits per heavy atom. The summed E-state index contributed by atoms with van der Waals surface area (Å²) in [5, 5.41) is 2.90. The Labute approximate surface area is 166 Å². The number of hydrogen-bond acceptors (Lipinski definition) is 3. The van der Waals surface area contributed by atoms with E-state index in [0.717, 1.165) is 24.8 Å². The predicted octanol–water partition coefficient (Wildman–Crippen LogP) is 3.78. The molecule has 1 heterocycles. The number of benzene rings is 2. The summed E-state index contributed by atoms with van der Waals surface area (Å²) in [7, 11) is 0. The number of ether oxygens (including phenoxy) is 1. The number of rotatable bonds is 6. The fraction of sp³-hybridized carbons (Fsp3) is 0.391. The molecule has 1 aliphatic rings. The second kappa shape index (κ2) is 9.40. The Bertz CT molecular complexity index is 797. The van der Waals surface area contributed by atoms with Gasteiger partial charge >= 0.3 is 0 Å². The van der Waals surface area contributed by atoms with Crippen molar-refractivity contribution in [3.05, 3.63) is 65.7 Å². The van der Waals surface area contributed by atoms with Crippen molar-refractivity contribution in [2.24, 2.45) is 0 Å². The highest BCUT2D eigenvalue weighted by Crippen LogP contribution is 2.23. The monoisotopic (exact) mass is 380 g/mol. The molecule has 148 valence electrons. The molecule has 0 aliphatic carbocycles. The van der Waals surface area contributed by atoms with Crippen LogP contribution < -0.4 is 10.1 Å². The Morgan fingerprint density at radius 1 is 1.04 bits per heavy atom. The van der Waals surface area contributed by atoms with Gasteiger partial charge in [-0.3, -0.25) is 9.59 Å². The van der Waals surface area contributed by atoms with E-state index in [1.165, 1.54) is 0 Å². The summed E-state index contributed by atoms with van der Waals surface area (Å²) in [6.07, 6.45) is 3.23. The third-order valence-electron chi connectivity index (χ3n) is 5.24. The molecule has 2 amide bonds. The first-order chi connectivity index (χ1) is 13.5. The first-order valence-electron chi connectivity index (χ1n) is 9.90. The molecular formula is C23H28N2O3. The second-order valence-corrected chi connectivity index (χ2v) is 7.41. The van der Waals surface area contributed by atoms with Crippen LogP contribution >= 0.6 is 0 Å². The average molecular weight is 380 g/mol. The van der Waals surface area contributed by atoms with Crippen molar-refractivity contribution in [1.29, 1.82) is 0 Å². The first-order valence-corrected chi connectivity index (χ1v) is 9.90. The molecule has 0 unspecified atom stereocenters. The van der Waals surface area contributed by atoms with Crippen LogP contribution in [0, 0.1) is 0 Å². The molecule has 0 spiro atoms. The minimum atomic E-state index is -0.168. The molecule has 2 aromatic rings. The lowest BCUT2D eigenvalue weighted by atomic mass is 9.97. The van der Waals surface area contributed by atoms with Crippen LogP contribution in [-0.4, -0.2) is 35.4 Å². The van der Waals surface area contributed by atoms with Gasteiger partial charge in [-0.1, -0.05) is 36.4 Å². The zero-order valence-corrected chi connectivity index (χ0v) is 16.6. The van der Waals surface area contributed by atoms with E-state index >= 15 is 0 Å². The molecule has 3 rings (SSSR count). The molecule has 5 heteroatoms. The lowest BCUT2D eigenvalue weighted by molar-refractivity contribution is -0.139. The van der Waals surface area contributed by atoms with Gasteiger partial charge in [0.25, 0.3) is 11.8 Å². The minimum Gasteiger partial charge on any atom is -0.484 e. The predicted molar refractivity (Wildman–Crippen MR) is 109 cm³/mol. The van der Waals surface area contributed by atoms with Crippen LogP contribution in [-0.2, 0) is 11.3 Å². The Hall–Kier alpha value is -2.82. The highest BCUT2D eigenvalue weighted by molar-refractivity contribution is 5.94. The van der Waals surface area contributed by atoms with E-state index in [4.69, 9.17) is 4.74 Å². The average Bonchev–Trinajstić information content (AvgIpc) is 2.71. The number of likely N-dealkylation sites (tertiary alicyclic amines) is 1. The van der Waals surface area contributed by atoms with Gasteiger partial charge < -0.3 is 15.0 Å². The van der Waals surface area contributed by atoms with Gasteiger partial charge in [0, 0.05) is 24.2 Å². The smallest absolute Gasteiger partial charge is 0.260 e. The largest absolute Gasteiger partial charge is 0.484 e. The number of nitrogens with zero attached hydrogens (tertiary/aromatic N) is 1. The van der Waals surface area contributed by atoms with Gasteiger partial charge in [-0.25, -0.2) is 0 Å². The standard InChI is InChI=1S/C23H28N2O3/c1-17-8-6-9-18(2)25(17)22(26)16-28-21-13-7-12-20(14-21)23(27)24-15-19-10-4-3-5-11-19/h3-5,7,10-14,17-18H,6,8-9,15-16H2,1-2H3,(H,24,27)/t17-,18+. The van der Waals surface area contributed by atoms with Crippen molar-refractivity contribution >= 4 is 11.8 Å². The number of amides is 2. The Morgan fingerprint density at radius 3 is 2.46 bits per heavy atom. The molecule has 0 bridgehead atoms. The van der Waals surface area contributed by atoms with Gasteiger partial charge in [0.15, 0.2) is 6.61 Å². The summed E-state index contributed by atoms with van der Waals surface area (Å²) in [4.78, 5) is 26.9. The van der Waals surface area contributed by atoms with Crippen LogP contribution in [0.25, 0.3) is 0 Å². The van der Waals surface area contributed by atoms with E-state index in [1.807, 2.05) is 35.2 Å². The van der Waals surface area contributed by atoms with E-state index in [2.05, 4.69) is 19.2 Å². The molecule has 0 radical (unpaired) electrons. The van der Waals surface area contributed by atoms with Crippen molar-refractivity contribution in [2.45, 2.75) is 51.7 Å². The van der Waals surface area contributed by atoms with E-state index in [0.29, 0.717) is 17.9 Å². The zero-order chi connectivity index (χ0) is 19.9. The molecule has 1 N–H and O–H groups in total. The van der Waals surface area contributed by atoms with Gasteiger partial charge in [0.05, 0.1) is 0 Å². The normalized spacial score (nSPS) is 19.1. The van der Waals surface area contributed by atoms with E-state index in [1.54, 1.807) is 24.3 Å². The zero-order valence-electron chi connectivity index (χ0n) is 16.6. The molecule has 1 saturated heterocycles. The van der Waals surface area contributed by atoms with E-state index in [-0.39, 0.29) is 30.5 Å². The van der Waals surface area contributed by atoms with Crippen LogP contribution in [0.15, 0.2) is 54.6 Å². The Kier molecular flexibility index (Phi) is 6.69. The summed E-state index contributed by atoms with van der Waals surface area (Å²) in [6.45, 7) is 4.63. The molecule has 0 saturated carbocycles. The molecule has 2 atom stereocenters. The number of nitrogens with one attached hydrogen (secondary N) is 1. The molecule has 28 heavy (non-hydrogen) atoms. The molecular weight excluding hydrogens is 352 g/mol. The molecule has 0 aromatic heterocycles. The maximum atomic E-state index is 12.6. The summed E-state index contributed by atoms with van der Waals surface area (Å²) in [6, 6.07) is 17.2. The minimum absolute atomic E-state index is 0.00127. The third-order valence-corrected chi connectivity index (χ3v) is 5.24. The quantitative estimate of drug-likeness (QED) is 0.830. The van der Waals surface area contributed by atoms with Crippen molar-refractivity contribution in [3.63, 3.8) is 0 Å². The van der Waals surface area contributed by atoms with Crippen LogP contribution in [0.5, 0.6) is 5.75 Å². The topological polar surface area (TPSA) is 58.6 Å². The number of hydrogen-bond donors (Lipinski definition) is 1. The molecule has 1 fully saturated rings. The molecule has 2 aromatic carbocycles. The van der Waals surface area contributed by atoms with Crippen LogP contribution in [0.4, 0.5) is 0 Å². The Balaban J connectivity index is 1.55. The highest BCUT2D eigenvalue weighted by Gasteiger charge is 2.29. The lowest BCUT2D eigenvalue weighted by Crippen LogP contribution is -2.49. The van der Waals surface area contributed by atoms with Gasteiger partial charge in [0.1, 0.15) is 5.75 Å². The second-order valence-electron chi connectivity index (χ2n) is 7.41. The maximum absolute atomic E-state index is 12.6. The van der Waals surface area contributed by atoms with Crippen LogP contribution in [0.2, 0.25) is 0 Å². The summed E-state index contributed by atoms with van der Waals surface area (Å²) < 4.78 is 5.70. The van der Waals surface area contributed by atoms with E-state index in [9.17, 15) is 9.59 Å². The number of carbonyl (C=O) groups excluding carboxylic acids is 2. The summed E-state index contributed by atoms with van der Waals surface area (Å²) in [5.74, 6) is 0.357. The fourth-order valence-electron chi connectivity index (χ4n) is 3.74. The third kappa shape index (κ3) is 5.12. The van der Waals surface area contributed by atoms with Crippen molar-refractivity contribution in [1.82, 2.24) is 10.2 Å². The van der Waals surface area contributed by atoms with Crippen molar-refractivity contribution in [2.75, 3.05) is 6.61 Å². The van der Waals surface area contributed by atoms with Crippen LogP contribution in [0.3, 0.4) is 0 Å². The lowest BCUT2D eigenvalue weighted by Gasteiger charge is -2.38. The van der Waals surface area contributed by atoms with Gasteiger partial charge in [-0.05, 0) is 56.9 Å².